The predicted octanol–water partition coefficient (Wildman–Crippen LogP) is 0.536. The highest BCUT2D eigenvalue weighted by Gasteiger charge is 2.28. The average Bonchev–Trinajstić information content (AvgIpc) is 3.25. The van der Waals surface area contributed by atoms with Crippen molar-refractivity contribution in [3.63, 3.8) is 0 Å². The van der Waals surface area contributed by atoms with Crippen LogP contribution < -0.4 is 10.2 Å². The molecule has 3 aromatic rings. The van der Waals surface area contributed by atoms with Gasteiger partial charge in [-0.1, -0.05) is 0 Å². The molecule has 0 unspecified atom stereocenters. The minimum Gasteiger partial charge on any atom is -0.394 e. The van der Waals surface area contributed by atoms with E-state index in [2.05, 4.69) is 25.6 Å². The minimum absolute atomic E-state index is 0.295. The van der Waals surface area contributed by atoms with E-state index >= 15 is 0 Å². The quantitative estimate of drug-likeness (QED) is 0.564. The van der Waals surface area contributed by atoms with Crippen LogP contribution in [0.2, 0.25) is 0 Å². The fraction of sp³-hybridized carbons (Fsp3) is 0.300. The summed E-state index contributed by atoms with van der Waals surface area (Å²) in [5.74, 6) is -1.11. The summed E-state index contributed by atoms with van der Waals surface area (Å²) in [5, 5.41) is 22.6. The predicted molar refractivity (Wildman–Crippen MR) is 107 cm³/mol. The lowest BCUT2D eigenvalue weighted by Gasteiger charge is -2.37. The highest BCUT2D eigenvalue weighted by atomic mass is 19.1. The van der Waals surface area contributed by atoms with Gasteiger partial charge in [0, 0.05) is 37.4 Å². The highest BCUT2D eigenvalue weighted by Crippen LogP contribution is 2.17. The van der Waals surface area contributed by atoms with Crippen molar-refractivity contribution in [2.24, 2.45) is 0 Å². The monoisotopic (exact) mass is 412 g/mol. The third-order valence-corrected chi connectivity index (χ3v) is 5.15. The summed E-state index contributed by atoms with van der Waals surface area (Å²) in [6.45, 7) is 1.52. The number of amides is 2. The lowest BCUT2D eigenvalue weighted by Crippen LogP contribution is -2.56. The number of aromatic amines is 1. The minimum atomic E-state index is -1.04. The van der Waals surface area contributed by atoms with E-state index in [-0.39, 0.29) is 11.7 Å². The Labute approximate surface area is 171 Å². The van der Waals surface area contributed by atoms with Crippen molar-refractivity contribution in [3.05, 3.63) is 53.8 Å². The van der Waals surface area contributed by atoms with Crippen molar-refractivity contribution in [3.8, 4) is 0 Å². The molecule has 0 radical (unpaired) electrons. The number of halogens is 1. The van der Waals surface area contributed by atoms with Crippen LogP contribution in [-0.2, 0) is 4.79 Å². The number of aromatic nitrogens is 3. The first-order valence-corrected chi connectivity index (χ1v) is 9.57. The lowest BCUT2D eigenvalue weighted by molar-refractivity contribution is -0.134. The topological polar surface area (TPSA) is 114 Å². The molecule has 2 amide bonds. The summed E-state index contributed by atoms with van der Waals surface area (Å²) in [5.41, 5.74) is 2.37. The smallest absolute Gasteiger partial charge is 0.252 e. The van der Waals surface area contributed by atoms with Crippen LogP contribution in [0.3, 0.4) is 0 Å². The van der Waals surface area contributed by atoms with Crippen molar-refractivity contribution in [2.45, 2.75) is 6.04 Å². The molecule has 1 saturated heterocycles. The molecular weight excluding hydrogens is 391 g/mol. The number of nitrogens with one attached hydrogen (secondary N) is 2. The largest absolute Gasteiger partial charge is 0.394 e. The van der Waals surface area contributed by atoms with Crippen LogP contribution in [0.5, 0.6) is 0 Å². The van der Waals surface area contributed by atoms with E-state index in [0.29, 0.717) is 42.8 Å². The van der Waals surface area contributed by atoms with Gasteiger partial charge in [-0.2, -0.15) is 15.4 Å². The third kappa shape index (κ3) is 4.08. The first-order valence-electron chi connectivity index (χ1n) is 9.57. The summed E-state index contributed by atoms with van der Waals surface area (Å²) in [7, 11) is 0. The Balaban J connectivity index is 1.36. The maximum Gasteiger partial charge on any atom is 0.252 e. The van der Waals surface area contributed by atoms with E-state index in [1.165, 1.54) is 12.1 Å². The summed E-state index contributed by atoms with van der Waals surface area (Å²) in [4.78, 5) is 29.0. The third-order valence-electron chi connectivity index (χ3n) is 5.15. The lowest BCUT2D eigenvalue weighted by atomic mass is 10.1. The van der Waals surface area contributed by atoms with E-state index < -0.39 is 18.6 Å². The number of carbonyl (C=O) groups is 2. The molecule has 2 aromatic carbocycles. The maximum atomic E-state index is 13.1. The Morgan fingerprint density at radius 2 is 1.77 bits per heavy atom. The molecule has 1 atom stereocenters. The van der Waals surface area contributed by atoms with Crippen molar-refractivity contribution in [2.75, 3.05) is 37.7 Å². The number of hydrogen-bond acceptors (Lipinski definition) is 6. The number of aliphatic hydroxyl groups is 1. The molecule has 9 nitrogen and oxygen atoms in total. The number of piperazine rings is 1. The second kappa shape index (κ2) is 8.46. The van der Waals surface area contributed by atoms with Crippen LogP contribution in [0.4, 0.5) is 10.1 Å². The molecule has 0 aliphatic carbocycles. The standard InChI is InChI=1S/C20H21FN6O3/c21-14-2-4-15(5-3-14)26-7-9-27(10-8-26)20(30)18(12-28)22-19(29)13-1-6-16-17(11-13)24-25-23-16/h1-6,11,18,28H,7-10,12H2,(H,22,29)(H,23,24,25)/t18-/m0/s1. The van der Waals surface area contributed by atoms with Gasteiger partial charge in [-0.3, -0.25) is 9.59 Å². The molecule has 156 valence electrons. The zero-order chi connectivity index (χ0) is 21.1. The summed E-state index contributed by atoms with van der Waals surface area (Å²) >= 11 is 0. The first kappa shape index (κ1) is 19.8. The normalized spacial score (nSPS) is 15.3. The number of anilines is 1. The fourth-order valence-electron chi connectivity index (χ4n) is 3.47. The van der Waals surface area contributed by atoms with Crippen LogP contribution in [0.25, 0.3) is 11.0 Å². The van der Waals surface area contributed by atoms with Crippen molar-refractivity contribution in [1.82, 2.24) is 25.6 Å². The number of rotatable bonds is 5. The van der Waals surface area contributed by atoms with E-state index in [1.54, 1.807) is 35.2 Å². The molecule has 1 aliphatic rings. The van der Waals surface area contributed by atoms with Crippen molar-refractivity contribution in [1.29, 1.82) is 0 Å². The first-order chi connectivity index (χ1) is 14.5. The molecule has 0 spiro atoms. The average molecular weight is 412 g/mol. The van der Waals surface area contributed by atoms with Gasteiger partial charge in [-0.15, -0.1) is 0 Å². The Morgan fingerprint density at radius 1 is 1.07 bits per heavy atom. The number of carbonyl (C=O) groups excluding carboxylic acids is 2. The van der Waals surface area contributed by atoms with Crippen LogP contribution in [0, 0.1) is 5.82 Å². The SMILES string of the molecule is O=C(N[C@@H](CO)C(=O)N1CCN(c2ccc(F)cc2)CC1)c1ccc2n[nH]nc2c1. The van der Waals surface area contributed by atoms with Crippen molar-refractivity contribution < 1.29 is 19.1 Å². The summed E-state index contributed by atoms with van der Waals surface area (Å²) in [6, 6.07) is 9.97. The van der Waals surface area contributed by atoms with E-state index in [0.717, 1.165) is 5.69 Å². The molecule has 1 aromatic heterocycles. The Hall–Kier alpha value is -3.53. The molecule has 0 saturated carbocycles. The highest BCUT2D eigenvalue weighted by molar-refractivity contribution is 5.99. The number of aliphatic hydroxyl groups excluding tert-OH is 1. The van der Waals surface area contributed by atoms with Gasteiger partial charge in [0.1, 0.15) is 22.9 Å². The number of benzene rings is 2. The van der Waals surface area contributed by atoms with Crippen LogP contribution in [-0.4, -0.2) is 76.1 Å². The molecular formula is C20H21FN6O3. The van der Waals surface area contributed by atoms with Gasteiger partial charge in [0.2, 0.25) is 5.91 Å². The second-order valence-electron chi connectivity index (χ2n) is 7.02. The molecule has 2 heterocycles. The molecule has 10 heteroatoms. The van der Waals surface area contributed by atoms with Gasteiger partial charge in [0.25, 0.3) is 5.91 Å². The van der Waals surface area contributed by atoms with Gasteiger partial charge in [0.15, 0.2) is 0 Å². The molecule has 1 aliphatic heterocycles. The van der Waals surface area contributed by atoms with E-state index in [9.17, 15) is 19.1 Å². The van der Waals surface area contributed by atoms with Gasteiger partial charge >= 0.3 is 0 Å². The van der Waals surface area contributed by atoms with Gasteiger partial charge in [0.05, 0.1) is 6.61 Å². The number of fused-ring (bicyclic) bond motifs is 1. The van der Waals surface area contributed by atoms with Gasteiger partial charge in [-0.05, 0) is 42.5 Å². The van der Waals surface area contributed by atoms with Crippen molar-refractivity contribution >= 4 is 28.5 Å². The summed E-state index contributed by atoms with van der Waals surface area (Å²) < 4.78 is 13.1. The Bertz CT molecular complexity index is 1050. The maximum absolute atomic E-state index is 13.1. The Kier molecular flexibility index (Phi) is 5.57. The van der Waals surface area contributed by atoms with Crippen LogP contribution >= 0.6 is 0 Å². The van der Waals surface area contributed by atoms with Gasteiger partial charge in [-0.25, -0.2) is 4.39 Å². The van der Waals surface area contributed by atoms with E-state index in [4.69, 9.17) is 0 Å². The van der Waals surface area contributed by atoms with E-state index in [1.807, 2.05) is 0 Å². The second-order valence-corrected chi connectivity index (χ2v) is 7.02. The zero-order valence-corrected chi connectivity index (χ0v) is 16.1. The van der Waals surface area contributed by atoms with Crippen LogP contribution in [0.1, 0.15) is 10.4 Å². The van der Waals surface area contributed by atoms with Gasteiger partial charge < -0.3 is 20.2 Å². The number of nitrogens with zero attached hydrogens (tertiary/aromatic N) is 4. The fourth-order valence-corrected chi connectivity index (χ4v) is 3.47. The Morgan fingerprint density at radius 3 is 2.47 bits per heavy atom. The van der Waals surface area contributed by atoms with Crippen LogP contribution in [0.15, 0.2) is 42.5 Å². The summed E-state index contributed by atoms with van der Waals surface area (Å²) in [6.07, 6.45) is 0. The molecule has 3 N–H and O–H groups in total. The number of H-pyrrole nitrogens is 1. The number of hydrogen-bond donors (Lipinski definition) is 3. The molecule has 30 heavy (non-hydrogen) atoms. The molecule has 0 bridgehead atoms. The zero-order valence-electron chi connectivity index (χ0n) is 16.1. The molecule has 4 rings (SSSR count). The molecule has 1 fully saturated rings.